The largest absolute Gasteiger partial charge is 0.460 e. The predicted molar refractivity (Wildman–Crippen MR) is 83.5 cm³/mol. The quantitative estimate of drug-likeness (QED) is 0.861. The van der Waals surface area contributed by atoms with Crippen molar-refractivity contribution in [3.63, 3.8) is 0 Å². The summed E-state index contributed by atoms with van der Waals surface area (Å²) in [4.78, 5) is 25.5. The zero-order chi connectivity index (χ0) is 17.0. The first-order valence-electron chi connectivity index (χ1n) is 7.63. The van der Waals surface area contributed by atoms with Crippen LogP contribution in [0.15, 0.2) is 30.3 Å². The van der Waals surface area contributed by atoms with E-state index in [1.165, 1.54) is 4.90 Å². The Labute approximate surface area is 136 Å². The van der Waals surface area contributed by atoms with Gasteiger partial charge in [-0.15, -0.1) is 0 Å². The molecule has 23 heavy (non-hydrogen) atoms. The zero-order valence-electron chi connectivity index (χ0n) is 13.7. The predicted octanol–water partition coefficient (Wildman–Crippen LogP) is 1.96. The summed E-state index contributed by atoms with van der Waals surface area (Å²) in [6, 6.07) is 9.30. The average molecular weight is 321 g/mol. The molecule has 1 aromatic rings. The van der Waals surface area contributed by atoms with Gasteiger partial charge in [0.1, 0.15) is 18.1 Å². The molecular formula is C17H23NO5. The molecule has 0 spiro atoms. The number of aliphatic hydroxyl groups is 1. The van der Waals surface area contributed by atoms with Crippen molar-refractivity contribution in [1.29, 1.82) is 0 Å². The number of nitrogens with zero attached hydrogens (tertiary/aromatic N) is 1. The number of aliphatic hydroxyl groups excluding tert-OH is 1. The van der Waals surface area contributed by atoms with E-state index in [-0.39, 0.29) is 19.7 Å². The second-order valence-electron chi connectivity index (χ2n) is 6.65. The maximum absolute atomic E-state index is 12.1. The Bertz CT molecular complexity index is 552. The highest BCUT2D eigenvalue weighted by molar-refractivity contribution is 5.76. The SMILES string of the molecule is CC(C)(C)OC(=O)N1C[C@H](C(=O)OCc2ccccc2)[C@@H](O)C1. The smallest absolute Gasteiger partial charge is 0.410 e. The van der Waals surface area contributed by atoms with Crippen molar-refractivity contribution in [2.45, 2.75) is 39.1 Å². The molecule has 0 bridgehead atoms. The Hall–Kier alpha value is -2.08. The first kappa shape index (κ1) is 17.3. The topological polar surface area (TPSA) is 76.1 Å². The first-order chi connectivity index (χ1) is 10.8. The van der Waals surface area contributed by atoms with Gasteiger partial charge in [-0.05, 0) is 26.3 Å². The van der Waals surface area contributed by atoms with Gasteiger partial charge in [0.15, 0.2) is 0 Å². The van der Waals surface area contributed by atoms with Crippen molar-refractivity contribution in [3.8, 4) is 0 Å². The van der Waals surface area contributed by atoms with Crippen molar-refractivity contribution >= 4 is 12.1 Å². The molecule has 6 heteroatoms. The van der Waals surface area contributed by atoms with Gasteiger partial charge in [-0.2, -0.15) is 0 Å². The summed E-state index contributed by atoms with van der Waals surface area (Å²) in [5.41, 5.74) is 0.255. The summed E-state index contributed by atoms with van der Waals surface area (Å²) < 4.78 is 10.5. The van der Waals surface area contributed by atoms with Crippen molar-refractivity contribution in [2.75, 3.05) is 13.1 Å². The second kappa shape index (κ2) is 7.00. The Morgan fingerprint density at radius 2 is 1.87 bits per heavy atom. The molecule has 0 unspecified atom stereocenters. The first-order valence-corrected chi connectivity index (χ1v) is 7.63. The van der Waals surface area contributed by atoms with Gasteiger partial charge in [0.05, 0.1) is 12.6 Å². The molecule has 1 heterocycles. The Kier molecular flexibility index (Phi) is 5.26. The van der Waals surface area contributed by atoms with E-state index in [9.17, 15) is 14.7 Å². The lowest BCUT2D eigenvalue weighted by Crippen LogP contribution is -2.36. The number of esters is 1. The molecule has 1 fully saturated rings. The Morgan fingerprint density at radius 3 is 2.48 bits per heavy atom. The maximum atomic E-state index is 12.1. The van der Waals surface area contributed by atoms with Gasteiger partial charge in [0.2, 0.25) is 0 Å². The van der Waals surface area contributed by atoms with Crippen molar-refractivity contribution < 1.29 is 24.2 Å². The van der Waals surface area contributed by atoms with Crippen LogP contribution in [0.2, 0.25) is 0 Å². The van der Waals surface area contributed by atoms with E-state index in [0.717, 1.165) is 5.56 Å². The summed E-state index contributed by atoms with van der Waals surface area (Å²) in [6.45, 7) is 5.62. The summed E-state index contributed by atoms with van der Waals surface area (Å²) in [7, 11) is 0. The zero-order valence-corrected chi connectivity index (χ0v) is 13.7. The molecule has 1 aliphatic heterocycles. The molecule has 0 radical (unpaired) electrons. The van der Waals surface area contributed by atoms with E-state index in [1.54, 1.807) is 20.8 Å². The van der Waals surface area contributed by atoms with E-state index >= 15 is 0 Å². The molecule has 6 nitrogen and oxygen atoms in total. The average Bonchev–Trinajstić information content (AvgIpc) is 2.86. The van der Waals surface area contributed by atoms with Crippen LogP contribution in [0.5, 0.6) is 0 Å². The summed E-state index contributed by atoms with van der Waals surface area (Å²) in [6.07, 6.45) is -1.47. The normalized spacial score (nSPS) is 21.1. The molecule has 1 aromatic carbocycles. The van der Waals surface area contributed by atoms with Crippen molar-refractivity contribution in [3.05, 3.63) is 35.9 Å². The fraction of sp³-hybridized carbons (Fsp3) is 0.529. The van der Waals surface area contributed by atoms with E-state index < -0.39 is 29.7 Å². The number of likely N-dealkylation sites (tertiary alicyclic amines) is 1. The lowest BCUT2D eigenvalue weighted by molar-refractivity contribution is -0.152. The third kappa shape index (κ3) is 4.96. The monoisotopic (exact) mass is 321 g/mol. The van der Waals surface area contributed by atoms with Gasteiger partial charge in [-0.3, -0.25) is 4.79 Å². The van der Waals surface area contributed by atoms with Gasteiger partial charge in [-0.1, -0.05) is 30.3 Å². The van der Waals surface area contributed by atoms with Crippen LogP contribution in [0.3, 0.4) is 0 Å². The number of carbonyl (C=O) groups excluding carboxylic acids is 2. The van der Waals surface area contributed by atoms with Gasteiger partial charge in [0.25, 0.3) is 0 Å². The number of rotatable bonds is 3. The second-order valence-corrected chi connectivity index (χ2v) is 6.65. The molecule has 2 rings (SSSR count). The van der Waals surface area contributed by atoms with Gasteiger partial charge >= 0.3 is 12.1 Å². The molecule has 1 saturated heterocycles. The fourth-order valence-corrected chi connectivity index (χ4v) is 2.33. The van der Waals surface area contributed by atoms with E-state index in [0.29, 0.717) is 0 Å². The van der Waals surface area contributed by atoms with Crippen molar-refractivity contribution in [1.82, 2.24) is 4.90 Å². The number of β-amino-alcohol motifs (C(OH)–C–C–N with tert-alkyl or cyclic N) is 1. The molecular weight excluding hydrogens is 298 g/mol. The maximum Gasteiger partial charge on any atom is 0.410 e. The van der Waals surface area contributed by atoms with Crippen LogP contribution < -0.4 is 0 Å². The minimum Gasteiger partial charge on any atom is -0.460 e. The summed E-state index contributed by atoms with van der Waals surface area (Å²) in [5.74, 6) is -1.25. The minimum absolute atomic E-state index is 0.0695. The minimum atomic E-state index is -0.939. The van der Waals surface area contributed by atoms with Crippen molar-refractivity contribution in [2.24, 2.45) is 5.92 Å². The highest BCUT2D eigenvalue weighted by atomic mass is 16.6. The molecule has 2 atom stereocenters. The van der Waals surface area contributed by atoms with Crippen LogP contribution >= 0.6 is 0 Å². The van der Waals surface area contributed by atoms with Crippen LogP contribution in [-0.4, -0.2) is 46.9 Å². The third-order valence-electron chi connectivity index (χ3n) is 3.47. The molecule has 0 saturated carbocycles. The third-order valence-corrected chi connectivity index (χ3v) is 3.47. The number of hydrogen-bond donors (Lipinski definition) is 1. The Balaban J connectivity index is 1.88. The highest BCUT2D eigenvalue weighted by Crippen LogP contribution is 2.21. The lowest BCUT2D eigenvalue weighted by atomic mass is 10.1. The van der Waals surface area contributed by atoms with E-state index in [2.05, 4.69) is 0 Å². The number of ether oxygens (including phenoxy) is 2. The van der Waals surface area contributed by atoms with E-state index in [1.807, 2.05) is 30.3 Å². The van der Waals surface area contributed by atoms with Crippen LogP contribution in [0.1, 0.15) is 26.3 Å². The molecule has 0 aliphatic carbocycles. The van der Waals surface area contributed by atoms with Crippen LogP contribution in [0.4, 0.5) is 4.79 Å². The van der Waals surface area contributed by atoms with Crippen LogP contribution in [-0.2, 0) is 20.9 Å². The number of carbonyl (C=O) groups is 2. The lowest BCUT2D eigenvalue weighted by Gasteiger charge is -2.24. The molecule has 1 amide bonds. The van der Waals surface area contributed by atoms with E-state index in [4.69, 9.17) is 9.47 Å². The molecule has 126 valence electrons. The van der Waals surface area contributed by atoms with Gasteiger partial charge in [0, 0.05) is 6.54 Å². The highest BCUT2D eigenvalue weighted by Gasteiger charge is 2.41. The number of benzene rings is 1. The summed E-state index contributed by atoms with van der Waals surface area (Å²) >= 11 is 0. The van der Waals surface area contributed by atoms with Gasteiger partial charge < -0.3 is 19.5 Å². The molecule has 0 aromatic heterocycles. The molecule has 1 N–H and O–H groups in total. The Morgan fingerprint density at radius 1 is 1.22 bits per heavy atom. The fourth-order valence-electron chi connectivity index (χ4n) is 2.33. The standard InChI is InChI=1S/C17H23NO5/c1-17(2,3)23-16(21)18-9-13(14(19)10-18)15(20)22-11-12-7-5-4-6-8-12/h4-8,13-14,19H,9-11H2,1-3H3/t13-,14-/m0/s1. The van der Waals surface area contributed by atoms with Gasteiger partial charge in [-0.25, -0.2) is 4.79 Å². The number of amides is 1. The van der Waals surface area contributed by atoms with Crippen LogP contribution in [0, 0.1) is 5.92 Å². The molecule has 1 aliphatic rings. The summed E-state index contributed by atoms with van der Waals surface area (Å²) in [5, 5.41) is 10.0. The number of hydrogen-bond acceptors (Lipinski definition) is 5. The van der Waals surface area contributed by atoms with Crippen LogP contribution in [0.25, 0.3) is 0 Å².